The summed E-state index contributed by atoms with van der Waals surface area (Å²) in [6.07, 6.45) is 7.40. The van der Waals surface area contributed by atoms with E-state index in [1.54, 1.807) is 0 Å². The van der Waals surface area contributed by atoms with Crippen molar-refractivity contribution in [2.75, 3.05) is 6.54 Å². The number of rotatable bonds is 7. The molecule has 0 bridgehead atoms. The van der Waals surface area contributed by atoms with Crippen LogP contribution >= 0.6 is 0 Å². The van der Waals surface area contributed by atoms with Crippen molar-refractivity contribution in [2.45, 2.75) is 84.1 Å². The van der Waals surface area contributed by atoms with Crippen LogP contribution in [0.1, 0.15) is 89.8 Å². The van der Waals surface area contributed by atoms with Crippen molar-refractivity contribution in [1.82, 2.24) is 15.5 Å². The summed E-state index contributed by atoms with van der Waals surface area (Å²) < 4.78 is 5.59. The smallest absolute Gasteiger partial charge is 0.231 e. The van der Waals surface area contributed by atoms with Crippen molar-refractivity contribution < 1.29 is 4.52 Å². The summed E-state index contributed by atoms with van der Waals surface area (Å²) in [4.78, 5) is 4.74. The van der Waals surface area contributed by atoms with Crippen molar-refractivity contribution in [3.63, 3.8) is 0 Å². The van der Waals surface area contributed by atoms with E-state index in [9.17, 15) is 0 Å². The van der Waals surface area contributed by atoms with E-state index in [-0.39, 0.29) is 0 Å². The largest absolute Gasteiger partial charge is 0.339 e. The van der Waals surface area contributed by atoms with Gasteiger partial charge < -0.3 is 9.84 Å². The number of aromatic nitrogens is 2. The second-order valence-electron chi connectivity index (χ2n) is 6.48. The average molecular weight is 293 g/mol. The second-order valence-corrected chi connectivity index (χ2v) is 6.48. The molecule has 1 heterocycles. The van der Waals surface area contributed by atoms with Gasteiger partial charge in [-0.3, -0.25) is 0 Å². The van der Waals surface area contributed by atoms with Gasteiger partial charge in [0.2, 0.25) is 5.89 Å². The highest BCUT2D eigenvalue weighted by molar-refractivity contribution is 5.02. The summed E-state index contributed by atoms with van der Waals surface area (Å²) >= 11 is 0. The van der Waals surface area contributed by atoms with Crippen LogP contribution in [0.2, 0.25) is 0 Å². The van der Waals surface area contributed by atoms with Crippen molar-refractivity contribution in [1.29, 1.82) is 0 Å². The lowest BCUT2D eigenvalue weighted by molar-refractivity contribution is 0.295. The summed E-state index contributed by atoms with van der Waals surface area (Å²) in [5.41, 5.74) is 0. The number of likely N-dealkylation sites (N-methyl/N-ethyl adjacent to an activating group) is 1. The lowest BCUT2D eigenvalue weighted by Gasteiger charge is -2.25. The van der Waals surface area contributed by atoms with Crippen LogP contribution < -0.4 is 5.32 Å². The maximum Gasteiger partial charge on any atom is 0.231 e. The minimum atomic E-state index is 0.318. The molecule has 120 valence electrons. The van der Waals surface area contributed by atoms with Gasteiger partial charge in [-0.2, -0.15) is 4.98 Å². The third-order valence-corrected chi connectivity index (χ3v) is 5.13. The van der Waals surface area contributed by atoms with Gasteiger partial charge in [-0.1, -0.05) is 32.3 Å². The molecule has 1 fully saturated rings. The number of hydrogen-bond acceptors (Lipinski definition) is 4. The Balaban J connectivity index is 2.00. The normalized spacial score (nSPS) is 25.7. The first-order chi connectivity index (χ1) is 10.2. The Bertz CT molecular complexity index is 410. The molecule has 0 saturated heterocycles. The fourth-order valence-electron chi connectivity index (χ4n) is 3.60. The molecule has 1 aliphatic rings. The first-order valence-corrected chi connectivity index (χ1v) is 8.76. The van der Waals surface area contributed by atoms with E-state index in [0.29, 0.717) is 17.9 Å². The van der Waals surface area contributed by atoms with Crippen LogP contribution in [0.5, 0.6) is 0 Å². The minimum absolute atomic E-state index is 0.318. The lowest BCUT2D eigenvalue weighted by Crippen LogP contribution is -2.31. The fraction of sp³-hybridized carbons (Fsp3) is 0.882. The van der Waals surface area contributed by atoms with Crippen LogP contribution in [0, 0.1) is 5.92 Å². The molecule has 0 amide bonds. The zero-order valence-corrected chi connectivity index (χ0v) is 14.1. The van der Waals surface area contributed by atoms with Crippen molar-refractivity contribution in [3.05, 3.63) is 11.7 Å². The first kappa shape index (κ1) is 16.5. The fourth-order valence-corrected chi connectivity index (χ4v) is 3.60. The summed E-state index contributed by atoms with van der Waals surface area (Å²) in [6.45, 7) is 9.79. The van der Waals surface area contributed by atoms with E-state index < -0.39 is 0 Å². The van der Waals surface area contributed by atoms with Crippen LogP contribution in [-0.2, 0) is 0 Å². The third kappa shape index (κ3) is 4.06. The molecule has 1 aromatic heterocycles. The van der Waals surface area contributed by atoms with Crippen molar-refractivity contribution in [2.24, 2.45) is 5.92 Å². The van der Waals surface area contributed by atoms with Crippen LogP contribution in [0.3, 0.4) is 0 Å². The molecule has 2 atom stereocenters. The Morgan fingerprint density at radius 2 is 1.90 bits per heavy atom. The molecule has 0 radical (unpaired) electrons. The van der Waals surface area contributed by atoms with Gasteiger partial charge in [0.05, 0.1) is 5.92 Å². The number of nitrogens with one attached hydrogen (secondary N) is 1. The van der Waals surface area contributed by atoms with Crippen LogP contribution in [0.4, 0.5) is 0 Å². The molecule has 1 aromatic rings. The van der Waals surface area contributed by atoms with Gasteiger partial charge in [0.1, 0.15) is 0 Å². The Morgan fingerprint density at radius 3 is 2.48 bits per heavy atom. The maximum absolute atomic E-state index is 5.59. The standard InChI is InChI=1S/C17H31N3O/c1-5-13-8-10-14(11-9-13)16-19-17(21-20-16)15(6-2)12(4)18-7-3/h12-15,18H,5-11H2,1-4H3. The highest BCUT2D eigenvalue weighted by atomic mass is 16.5. The van der Waals surface area contributed by atoms with E-state index in [2.05, 4.69) is 38.2 Å². The topological polar surface area (TPSA) is 51.0 Å². The Kier molecular flexibility index (Phi) is 6.22. The molecule has 1 saturated carbocycles. The summed E-state index contributed by atoms with van der Waals surface area (Å²) in [5, 5.41) is 7.76. The van der Waals surface area contributed by atoms with Gasteiger partial charge in [0, 0.05) is 12.0 Å². The van der Waals surface area contributed by atoms with Crippen LogP contribution in [0.15, 0.2) is 4.52 Å². The van der Waals surface area contributed by atoms with Crippen molar-refractivity contribution >= 4 is 0 Å². The van der Waals surface area contributed by atoms with Crippen LogP contribution in [0.25, 0.3) is 0 Å². The maximum atomic E-state index is 5.59. The molecular weight excluding hydrogens is 262 g/mol. The molecule has 4 heteroatoms. The average Bonchev–Trinajstić information content (AvgIpc) is 2.98. The molecule has 1 N–H and O–H groups in total. The Morgan fingerprint density at radius 1 is 1.19 bits per heavy atom. The highest BCUT2D eigenvalue weighted by Gasteiger charge is 2.28. The first-order valence-electron chi connectivity index (χ1n) is 8.76. The SMILES string of the molecule is CCNC(C)C(CC)c1nc(C2CCC(CC)CC2)no1. The van der Waals surface area contributed by atoms with Gasteiger partial charge in [-0.25, -0.2) is 0 Å². The summed E-state index contributed by atoms with van der Waals surface area (Å²) in [5.74, 6) is 3.50. The molecule has 0 aromatic carbocycles. The third-order valence-electron chi connectivity index (χ3n) is 5.13. The van der Waals surface area contributed by atoms with E-state index in [1.165, 1.54) is 32.1 Å². The lowest BCUT2D eigenvalue weighted by atomic mass is 9.80. The molecule has 2 unspecified atom stereocenters. The van der Waals surface area contributed by atoms with E-state index in [1.807, 2.05) is 0 Å². The highest BCUT2D eigenvalue weighted by Crippen LogP contribution is 2.36. The zero-order chi connectivity index (χ0) is 15.2. The zero-order valence-electron chi connectivity index (χ0n) is 14.1. The molecular formula is C17H31N3O. The van der Waals surface area contributed by atoms with Gasteiger partial charge in [-0.05, 0) is 51.5 Å². The molecule has 4 nitrogen and oxygen atoms in total. The molecule has 1 aliphatic carbocycles. The predicted molar refractivity (Wildman–Crippen MR) is 85.5 cm³/mol. The van der Waals surface area contributed by atoms with Gasteiger partial charge in [0.15, 0.2) is 5.82 Å². The summed E-state index contributed by atoms with van der Waals surface area (Å²) in [7, 11) is 0. The number of hydrogen-bond donors (Lipinski definition) is 1. The molecule has 0 aliphatic heterocycles. The molecule has 2 rings (SSSR count). The Labute approximate surface area is 129 Å². The van der Waals surface area contributed by atoms with Crippen molar-refractivity contribution in [3.8, 4) is 0 Å². The molecule has 0 spiro atoms. The summed E-state index contributed by atoms with van der Waals surface area (Å²) in [6, 6.07) is 0.379. The second kappa shape index (κ2) is 7.92. The van der Waals surface area contributed by atoms with E-state index in [4.69, 9.17) is 9.51 Å². The van der Waals surface area contributed by atoms with E-state index >= 15 is 0 Å². The minimum Gasteiger partial charge on any atom is -0.339 e. The monoisotopic (exact) mass is 293 g/mol. The number of nitrogens with zero attached hydrogens (tertiary/aromatic N) is 2. The Hall–Kier alpha value is -0.900. The van der Waals surface area contributed by atoms with Gasteiger partial charge >= 0.3 is 0 Å². The van der Waals surface area contributed by atoms with E-state index in [0.717, 1.165) is 30.6 Å². The predicted octanol–water partition coefficient (Wildman–Crippen LogP) is 4.25. The molecule has 21 heavy (non-hydrogen) atoms. The quantitative estimate of drug-likeness (QED) is 0.816. The van der Waals surface area contributed by atoms with Gasteiger partial charge in [-0.15, -0.1) is 0 Å². The van der Waals surface area contributed by atoms with Crippen LogP contribution in [-0.4, -0.2) is 22.7 Å². The van der Waals surface area contributed by atoms with Gasteiger partial charge in [0.25, 0.3) is 0 Å².